The van der Waals surface area contributed by atoms with Crippen molar-refractivity contribution in [2.45, 2.75) is 20.5 Å². The van der Waals surface area contributed by atoms with Crippen LogP contribution in [0.1, 0.15) is 16.7 Å². The molecule has 0 aliphatic rings. The van der Waals surface area contributed by atoms with Crippen molar-refractivity contribution in [1.29, 1.82) is 0 Å². The van der Waals surface area contributed by atoms with E-state index >= 15 is 0 Å². The van der Waals surface area contributed by atoms with Crippen molar-refractivity contribution in [3.63, 3.8) is 0 Å². The molecule has 0 unspecified atom stereocenters. The molecule has 2 aromatic heterocycles. The number of oxazole rings is 1. The average Bonchev–Trinajstić information content (AvgIpc) is 3.06. The van der Waals surface area contributed by atoms with Gasteiger partial charge in [0.05, 0.1) is 12.1 Å². The summed E-state index contributed by atoms with van der Waals surface area (Å²) in [5.74, 6) is -0.0729. The Morgan fingerprint density at radius 2 is 1.97 bits per heavy atom. The first-order valence-electron chi connectivity index (χ1n) is 8.83. The number of aliphatic hydroxyl groups excluding tert-OH is 1. The highest BCUT2D eigenvalue weighted by Gasteiger charge is 2.10. The predicted octanol–water partition coefficient (Wildman–Crippen LogP) is 3.65. The van der Waals surface area contributed by atoms with Crippen molar-refractivity contribution in [3.05, 3.63) is 69.6 Å². The molecule has 0 fully saturated rings. The standard InChI is InChI=1S/C20H18FN5O3/c1-10-5-14(6-12(9-27)17(10)21)24-19-22-8-11(2)18(26-19)23-13-3-4-16-15(7-13)25-20(28)29-16/h3-8,27H,9H2,1-2H3,(H,25,28)(H2,22,23,24,26). The summed E-state index contributed by atoms with van der Waals surface area (Å²) in [5, 5.41) is 15.5. The van der Waals surface area contributed by atoms with Crippen LogP contribution in [0.3, 0.4) is 0 Å². The van der Waals surface area contributed by atoms with Gasteiger partial charge in [0.2, 0.25) is 5.95 Å². The van der Waals surface area contributed by atoms with Gasteiger partial charge in [-0.3, -0.25) is 4.98 Å². The quantitative estimate of drug-likeness (QED) is 0.408. The second-order valence-electron chi connectivity index (χ2n) is 6.63. The molecule has 29 heavy (non-hydrogen) atoms. The Hall–Kier alpha value is -3.72. The number of aryl methyl sites for hydroxylation is 2. The van der Waals surface area contributed by atoms with Crippen LogP contribution in [-0.2, 0) is 6.61 Å². The summed E-state index contributed by atoms with van der Waals surface area (Å²) in [4.78, 5) is 22.6. The van der Waals surface area contributed by atoms with E-state index in [1.807, 2.05) is 6.92 Å². The van der Waals surface area contributed by atoms with Gasteiger partial charge in [-0.05, 0) is 49.7 Å². The average molecular weight is 395 g/mol. The molecular weight excluding hydrogens is 377 g/mol. The zero-order valence-corrected chi connectivity index (χ0v) is 15.7. The van der Waals surface area contributed by atoms with Gasteiger partial charge in [-0.15, -0.1) is 0 Å². The smallest absolute Gasteiger partial charge is 0.408 e. The van der Waals surface area contributed by atoms with Crippen LogP contribution in [0.4, 0.5) is 27.5 Å². The molecule has 0 aliphatic heterocycles. The molecule has 8 nitrogen and oxygen atoms in total. The Bertz CT molecular complexity index is 1260. The number of halogens is 1. The molecule has 0 bridgehead atoms. The van der Waals surface area contributed by atoms with Gasteiger partial charge in [0, 0.05) is 28.7 Å². The third-order valence-corrected chi connectivity index (χ3v) is 4.41. The van der Waals surface area contributed by atoms with Crippen LogP contribution in [0.2, 0.25) is 0 Å². The van der Waals surface area contributed by atoms with E-state index in [4.69, 9.17) is 4.42 Å². The lowest BCUT2D eigenvalue weighted by Crippen LogP contribution is -2.04. The van der Waals surface area contributed by atoms with Crippen LogP contribution in [-0.4, -0.2) is 20.1 Å². The minimum absolute atomic E-state index is 0.195. The summed E-state index contributed by atoms with van der Waals surface area (Å²) in [5.41, 5.74) is 3.73. The largest absolute Gasteiger partial charge is 0.417 e. The summed E-state index contributed by atoms with van der Waals surface area (Å²) >= 11 is 0. The molecule has 0 amide bonds. The van der Waals surface area contributed by atoms with Crippen molar-refractivity contribution in [1.82, 2.24) is 15.0 Å². The lowest BCUT2D eigenvalue weighted by Gasteiger charge is -2.12. The number of aromatic nitrogens is 3. The lowest BCUT2D eigenvalue weighted by atomic mass is 10.1. The summed E-state index contributed by atoms with van der Waals surface area (Å²) < 4.78 is 18.9. The van der Waals surface area contributed by atoms with Crippen LogP contribution in [0.15, 0.2) is 45.7 Å². The number of aromatic amines is 1. The molecule has 0 atom stereocenters. The van der Waals surface area contributed by atoms with Gasteiger partial charge in [-0.25, -0.2) is 14.2 Å². The first kappa shape index (κ1) is 18.6. The molecule has 0 aliphatic carbocycles. The molecule has 4 aromatic rings. The van der Waals surface area contributed by atoms with Crippen LogP contribution < -0.4 is 16.4 Å². The number of nitrogens with one attached hydrogen (secondary N) is 3. The number of nitrogens with zero attached hydrogens (tertiary/aromatic N) is 2. The first-order valence-corrected chi connectivity index (χ1v) is 8.83. The van der Waals surface area contributed by atoms with E-state index < -0.39 is 18.2 Å². The predicted molar refractivity (Wildman–Crippen MR) is 107 cm³/mol. The van der Waals surface area contributed by atoms with Crippen molar-refractivity contribution < 1.29 is 13.9 Å². The topological polar surface area (TPSA) is 116 Å². The van der Waals surface area contributed by atoms with E-state index in [-0.39, 0.29) is 5.56 Å². The normalized spacial score (nSPS) is 11.0. The van der Waals surface area contributed by atoms with Crippen LogP contribution in [0, 0.1) is 19.7 Å². The first-order chi connectivity index (χ1) is 13.9. The molecule has 0 saturated heterocycles. The van der Waals surface area contributed by atoms with Gasteiger partial charge < -0.3 is 20.2 Å². The maximum atomic E-state index is 13.9. The van der Waals surface area contributed by atoms with Gasteiger partial charge in [-0.1, -0.05) is 0 Å². The van der Waals surface area contributed by atoms with Crippen molar-refractivity contribution >= 4 is 34.2 Å². The van der Waals surface area contributed by atoms with E-state index in [9.17, 15) is 14.3 Å². The fourth-order valence-corrected chi connectivity index (χ4v) is 2.95. The van der Waals surface area contributed by atoms with Crippen molar-refractivity contribution in [2.24, 2.45) is 0 Å². The molecule has 2 heterocycles. The van der Waals surface area contributed by atoms with E-state index in [0.717, 1.165) is 5.56 Å². The van der Waals surface area contributed by atoms with Crippen LogP contribution in [0.25, 0.3) is 11.1 Å². The molecule has 4 rings (SSSR count). The summed E-state index contributed by atoms with van der Waals surface area (Å²) in [6, 6.07) is 8.33. The summed E-state index contributed by atoms with van der Waals surface area (Å²) in [6.45, 7) is 3.08. The van der Waals surface area contributed by atoms with E-state index in [2.05, 4.69) is 25.6 Å². The minimum Gasteiger partial charge on any atom is -0.408 e. The molecule has 0 saturated carbocycles. The zero-order valence-electron chi connectivity index (χ0n) is 15.7. The highest BCUT2D eigenvalue weighted by molar-refractivity contribution is 5.78. The van der Waals surface area contributed by atoms with E-state index in [1.54, 1.807) is 37.4 Å². The van der Waals surface area contributed by atoms with Gasteiger partial charge in [0.15, 0.2) is 5.58 Å². The number of rotatable bonds is 5. The summed E-state index contributed by atoms with van der Waals surface area (Å²) in [6.07, 6.45) is 1.65. The van der Waals surface area contributed by atoms with Crippen molar-refractivity contribution in [3.8, 4) is 0 Å². The van der Waals surface area contributed by atoms with E-state index in [0.29, 0.717) is 39.8 Å². The molecule has 0 spiro atoms. The molecule has 148 valence electrons. The Morgan fingerprint density at radius 3 is 2.76 bits per heavy atom. The third-order valence-electron chi connectivity index (χ3n) is 4.41. The number of hydrogen-bond donors (Lipinski definition) is 4. The number of anilines is 4. The maximum Gasteiger partial charge on any atom is 0.417 e. The minimum atomic E-state index is -0.515. The molecule has 2 aromatic carbocycles. The number of fused-ring (bicyclic) bond motifs is 1. The fraction of sp³-hybridized carbons (Fsp3) is 0.150. The third kappa shape index (κ3) is 3.81. The number of hydrogen-bond acceptors (Lipinski definition) is 7. The monoisotopic (exact) mass is 395 g/mol. The second-order valence-corrected chi connectivity index (χ2v) is 6.63. The summed E-state index contributed by atoms with van der Waals surface area (Å²) in [7, 11) is 0. The maximum absolute atomic E-state index is 13.9. The SMILES string of the molecule is Cc1cnc(Nc2cc(C)c(F)c(CO)c2)nc1Nc1ccc2oc(=O)[nH]c2c1. The molecule has 0 radical (unpaired) electrons. The Labute approximate surface area is 164 Å². The Kier molecular flexibility index (Phi) is 4.73. The Balaban J connectivity index is 1.62. The second kappa shape index (κ2) is 7.36. The van der Waals surface area contributed by atoms with E-state index in [1.165, 1.54) is 6.07 Å². The van der Waals surface area contributed by atoms with Crippen LogP contribution >= 0.6 is 0 Å². The van der Waals surface area contributed by atoms with Gasteiger partial charge in [-0.2, -0.15) is 4.98 Å². The fourth-order valence-electron chi connectivity index (χ4n) is 2.95. The molecule has 4 N–H and O–H groups in total. The lowest BCUT2D eigenvalue weighted by molar-refractivity contribution is 0.275. The molecule has 9 heteroatoms. The van der Waals surface area contributed by atoms with Gasteiger partial charge in [0.1, 0.15) is 11.6 Å². The number of aliphatic hydroxyl groups is 1. The zero-order chi connectivity index (χ0) is 20.5. The Morgan fingerprint density at radius 1 is 1.14 bits per heavy atom. The van der Waals surface area contributed by atoms with Crippen molar-refractivity contribution in [2.75, 3.05) is 10.6 Å². The van der Waals surface area contributed by atoms with Gasteiger partial charge >= 0.3 is 5.76 Å². The van der Waals surface area contributed by atoms with Gasteiger partial charge in [0.25, 0.3) is 0 Å². The highest BCUT2D eigenvalue weighted by Crippen LogP contribution is 2.25. The number of H-pyrrole nitrogens is 1. The number of benzene rings is 2. The molecular formula is C20H18FN5O3. The highest BCUT2D eigenvalue weighted by atomic mass is 19.1. The van der Waals surface area contributed by atoms with Crippen LogP contribution in [0.5, 0.6) is 0 Å².